The van der Waals surface area contributed by atoms with E-state index in [4.69, 9.17) is 4.42 Å². The normalized spacial score (nSPS) is 13.4. The van der Waals surface area contributed by atoms with Gasteiger partial charge in [-0.3, -0.25) is 0 Å². The highest BCUT2D eigenvalue weighted by Gasteiger charge is 2.29. The third kappa shape index (κ3) is 4.32. The molecule has 0 bridgehead atoms. The predicted molar refractivity (Wildman–Crippen MR) is 73.0 cm³/mol. The van der Waals surface area contributed by atoms with Crippen LogP contribution in [-0.4, -0.2) is 18.1 Å². The molecular weight excluding hydrogens is 281 g/mol. The van der Waals surface area contributed by atoms with Crippen molar-refractivity contribution in [2.24, 2.45) is 0 Å². The number of nitrogens with one attached hydrogen (secondary N) is 1. The third-order valence-electron chi connectivity index (χ3n) is 3.24. The van der Waals surface area contributed by atoms with Crippen molar-refractivity contribution in [2.75, 3.05) is 7.05 Å². The molecule has 6 heteroatoms. The molecule has 1 aromatic carbocycles. The molecule has 2 rings (SSSR count). The van der Waals surface area contributed by atoms with Crippen LogP contribution in [-0.2, 0) is 19.0 Å². The number of hydrogen-bond donors (Lipinski definition) is 1. The van der Waals surface area contributed by atoms with Gasteiger partial charge in [-0.1, -0.05) is 12.1 Å². The van der Waals surface area contributed by atoms with Crippen LogP contribution in [0.5, 0.6) is 0 Å². The number of hydrogen-bond acceptors (Lipinski definition) is 3. The lowest BCUT2D eigenvalue weighted by Gasteiger charge is -2.07. The average Bonchev–Trinajstić information content (AvgIpc) is 2.85. The molecule has 0 saturated heterocycles. The van der Waals surface area contributed by atoms with Crippen LogP contribution in [0.3, 0.4) is 0 Å². The Morgan fingerprint density at radius 3 is 2.48 bits per heavy atom. The van der Waals surface area contributed by atoms with Crippen molar-refractivity contribution in [1.29, 1.82) is 0 Å². The standard InChI is InChI=1S/C15H17F3N2O/c1-10(19-2)7-13-9-20-14(21-13)8-11-3-5-12(6-4-11)15(16,17)18/h3-6,9-10,19H,7-8H2,1-2H3. The lowest BCUT2D eigenvalue weighted by atomic mass is 10.1. The molecule has 1 heterocycles. The van der Waals surface area contributed by atoms with Gasteiger partial charge in [-0.25, -0.2) is 4.98 Å². The summed E-state index contributed by atoms with van der Waals surface area (Å²) in [6.45, 7) is 2.03. The Morgan fingerprint density at radius 1 is 1.24 bits per heavy atom. The summed E-state index contributed by atoms with van der Waals surface area (Å²) >= 11 is 0. The Hall–Kier alpha value is -1.82. The first-order valence-corrected chi connectivity index (χ1v) is 6.65. The first-order valence-electron chi connectivity index (χ1n) is 6.65. The zero-order chi connectivity index (χ0) is 15.5. The van der Waals surface area contributed by atoms with E-state index in [1.54, 1.807) is 6.20 Å². The highest BCUT2D eigenvalue weighted by molar-refractivity contribution is 5.26. The van der Waals surface area contributed by atoms with Gasteiger partial charge in [0.2, 0.25) is 0 Å². The Labute approximate surface area is 121 Å². The molecule has 1 atom stereocenters. The van der Waals surface area contributed by atoms with E-state index in [-0.39, 0.29) is 6.04 Å². The minimum atomic E-state index is -4.31. The monoisotopic (exact) mass is 298 g/mol. The lowest BCUT2D eigenvalue weighted by molar-refractivity contribution is -0.137. The van der Waals surface area contributed by atoms with Gasteiger partial charge >= 0.3 is 6.18 Å². The van der Waals surface area contributed by atoms with Crippen LogP contribution >= 0.6 is 0 Å². The van der Waals surface area contributed by atoms with Gasteiger partial charge in [0.25, 0.3) is 0 Å². The largest absolute Gasteiger partial charge is 0.445 e. The first-order chi connectivity index (χ1) is 9.88. The summed E-state index contributed by atoms with van der Waals surface area (Å²) in [5, 5.41) is 3.10. The summed E-state index contributed by atoms with van der Waals surface area (Å²) in [5.74, 6) is 1.27. The number of halogens is 3. The minimum absolute atomic E-state index is 0.275. The summed E-state index contributed by atoms with van der Waals surface area (Å²) < 4.78 is 43.0. The van der Waals surface area contributed by atoms with Gasteiger partial charge in [0, 0.05) is 18.9 Å². The molecule has 0 radical (unpaired) electrons. The SMILES string of the molecule is CNC(C)Cc1cnc(Cc2ccc(C(F)(F)F)cc2)o1. The highest BCUT2D eigenvalue weighted by atomic mass is 19.4. The fourth-order valence-corrected chi connectivity index (χ4v) is 1.91. The third-order valence-corrected chi connectivity index (χ3v) is 3.24. The lowest BCUT2D eigenvalue weighted by Crippen LogP contribution is -2.23. The number of oxazole rings is 1. The van der Waals surface area contributed by atoms with Crippen LogP contribution in [0.25, 0.3) is 0 Å². The maximum Gasteiger partial charge on any atom is 0.416 e. The molecule has 1 unspecified atom stereocenters. The number of aromatic nitrogens is 1. The molecule has 0 aliphatic rings. The van der Waals surface area contributed by atoms with Crippen LogP contribution in [0.15, 0.2) is 34.9 Å². The second-order valence-corrected chi connectivity index (χ2v) is 4.99. The molecule has 21 heavy (non-hydrogen) atoms. The molecule has 1 aromatic heterocycles. The molecular formula is C15H17F3N2O. The Morgan fingerprint density at radius 2 is 1.90 bits per heavy atom. The Kier molecular flexibility index (Phi) is 4.67. The summed E-state index contributed by atoms with van der Waals surface area (Å²) in [4.78, 5) is 4.15. The van der Waals surface area contributed by atoms with Crippen molar-refractivity contribution < 1.29 is 17.6 Å². The van der Waals surface area contributed by atoms with Crippen LogP contribution in [0.4, 0.5) is 13.2 Å². The topological polar surface area (TPSA) is 38.1 Å². The van der Waals surface area contributed by atoms with E-state index >= 15 is 0 Å². The maximum atomic E-state index is 12.5. The fraction of sp³-hybridized carbons (Fsp3) is 0.400. The molecule has 1 N–H and O–H groups in total. The van der Waals surface area contributed by atoms with Crippen LogP contribution < -0.4 is 5.32 Å². The van der Waals surface area contributed by atoms with E-state index in [0.29, 0.717) is 12.3 Å². The second kappa shape index (κ2) is 6.30. The van der Waals surface area contributed by atoms with E-state index in [9.17, 15) is 13.2 Å². The molecule has 0 amide bonds. The van der Waals surface area contributed by atoms with E-state index in [1.807, 2.05) is 14.0 Å². The summed E-state index contributed by atoms with van der Waals surface area (Å²) in [5.41, 5.74) is 0.0836. The Bertz CT molecular complexity index is 575. The van der Waals surface area contributed by atoms with Gasteiger partial charge in [-0.15, -0.1) is 0 Å². The number of nitrogens with zero attached hydrogens (tertiary/aromatic N) is 1. The van der Waals surface area contributed by atoms with E-state index < -0.39 is 11.7 Å². The molecule has 0 fully saturated rings. The van der Waals surface area contributed by atoms with Gasteiger partial charge in [0.1, 0.15) is 5.76 Å². The maximum absolute atomic E-state index is 12.5. The first kappa shape index (κ1) is 15.6. The van der Waals surface area contributed by atoms with Crippen molar-refractivity contribution >= 4 is 0 Å². The van der Waals surface area contributed by atoms with E-state index in [2.05, 4.69) is 10.3 Å². The van der Waals surface area contributed by atoms with Gasteiger partial charge in [0.05, 0.1) is 11.8 Å². The second-order valence-electron chi connectivity index (χ2n) is 4.99. The van der Waals surface area contributed by atoms with Gasteiger partial charge in [-0.2, -0.15) is 13.2 Å². The van der Waals surface area contributed by atoms with E-state index in [1.165, 1.54) is 12.1 Å². The Balaban J connectivity index is 2.02. The molecule has 0 aliphatic carbocycles. The minimum Gasteiger partial charge on any atom is -0.445 e. The van der Waals surface area contributed by atoms with Crippen LogP contribution in [0.1, 0.15) is 29.7 Å². The summed E-state index contributed by atoms with van der Waals surface area (Å²) in [6.07, 6.45) is -1.55. The fourth-order valence-electron chi connectivity index (χ4n) is 1.91. The molecule has 0 aliphatic heterocycles. The quantitative estimate of drug-likeness (QED) is 0.919. The van der Waals surface area contributed by atoms with E-state index in [0.717, 1.165) is 29.9 Å². The number of rotatable bonds is 5. The van der Waals surface area contributed by atoms with Crippen LogP contribution in [0, 0.1) is 0 Å². The summed E-state index contributed by atoms with van der Waals surface area (Å²) in [6, 6.07) is 5.31. The molecule has 0 saturated carbocycles. The molecule has 0 spiro atoms. The van der Waals surface area contributed by atoms with Gasteiger partial charge in [-0.05, 0) is 31.7 Å². The molecule has 3 nitrogen and oxygen atoms in total. The van der Waals surface area contributed by atoms with Crippen LogP contribution in [0.2, 0.25) is 0 Å². The predicted octanol–water partition coefficient (Wildman–Crippen LogP) is 3.43. The molecule has 114 valence electrons. The summed E-state index contributed by atoms with van der Waals surface area (Å²) in [7, 11) is 1.87. The van der Waals surface area contributed by atoms with Crippen molar-refractivity contribution in [3.8, 4) is 0 Å². The van der Waals surface area contributed by atoms with Crippen molar-refractivity contribution in [2.45, 2.75) is 32.0 Å². The highest BCUT2D eigenvalue weighted by Crippen LogP contribution is 2.29. The smallest absolute Gasteiger partial charge is 0.416 e. The van der Waals surface area contributed by atoms with Gasteiger partial charge in [0.15, 0.2) is 5.89 Å². The van der Waals surface area contributed by atoms with Crippen molar-refractivity contribution in [3.63, 3.8) is 0 Å². The zero-order valence-electron chi connectivity index (χ0n) is 11.9. The number of likely N-dealkylation sites (N-methyl/N-ethyl adjacent to an activating group) is 1. The van der Waals surface area contributed by atoms with Crippen molar-refractivity contribution in [3.05, 3.63) is 53.2 Å². The average molecular weight is 298 g/mol. The van der Waals surface area contributed by atoms with Crippen molar-refractivity contribution in [1.82, 2.24) is 10.3 Å². The number of alkyl halides is 3. The number of benzene rings is 1. The van der Waals surface area contributed by atoms with Gasteiger partial charge < -0.3 is 9.73 Å². The zero-order valence-corrected chi connectivity index (χ0v) is 11.9. The molecule has 2 aromatic rings.